The van der Waals surface area contributed by atoms with Gasteiger partial charge in [-0.25, -0.2) is 9.18 Å². The third-order valence-electron chi connectivity index (χ3n) is 10.4. The molecule has 9 nitrogen and oxygen atoms in total. The van der Waals surface area contributed by atoms with Crippen LogP contribution >= 0.6 is 11.6 Å². The Morgan fingerprint density at radius 1 is 1.04 bits per heavy atom. The number of hydrogen-bond donors (Lipinski definition) is 0. The van der Waals surface area contributed by atoms with Gasteiger partial charge in [-0.3, -0.25) is 9.58 Å². The van der Waals surface area contributed by atoms with E-state index in [2.05, 4.69) is 22.5 Å². The van der Waals surface area contributed by atoms with Gasteiger partial charge < -0.3 is 23.5 Å². The maximum atomic E-state index is 13.9. The van der Waals surface area contributed by atoms with Crippen molar-refractivity contribution in [2.45, 2.75) is 58.6 Å². The van der Waals surface area contributed by atoms with Gasteiger partial charge in [0.1, 0.15) is 23.4 Å². The highest BCUT2D eigenvalue weighted by Gasteiger charge is 2.32. The molecular formula is C42H48ClFN4O5. The van der Waals surface area contributed by atoms with Crippen molar-refractivity contribution in [1.29, 1.82) is 0 Å². The predicted octanol–water partition coefficient (Wildman–Crippen LogP) is 8.48. The Hall–Kier alpha value is -4.22. The van der Waals surface area contributed by atoms with Crippen LogP contribution in [0.1, 0.15) is 66.7 Å². The van der Waals surface area contributed by atoms with Gasteiger partial charge in [0.05, 0.1) is 49.3 Å². The topological polar surface area (TPSA) is 80.0 Å². The Morgan fingerprint density at radius 3 is 2.68 bits per heavy atom. The summed E-state index contributed by atoms with van der Waals surface area (Å²) in [7, 11) is 1.98. The normalized spacial score (nSPS) is 17.1. The quantitative estimate of drug-likeness (QED) is 0.0721. The number of benzene rings is 3. The van der Waals surface area contributed by atoms with Crippen molar-refractivity contribution in [3.8, 4) is 16.9 Å². The van der Waals surface area contributed by atoms with Gasteiger partial charge in [0.2, 0.25) is 0 Å². The van der Waals surface area contributed by atoms with Crippen LogP contribution in [0.3, 0.4) is 0 Å². The average molecular weight is 743 g/mol. The summed E-state index contributed by atoms with van der Waals surface area (Å²) in [5.74, 6) is 0.0386. The predicted molar refractivity (Wildman–Crippen MR) is 207 cm³/mol. The highest BCUT2D eigenvalue weighted by Crippen LogP contribution is 2.45. The molecule has 1 fully saturated rings. The largest absolute Gasteiger partial charge is 0.493 e. The summed E-state index contributed by atoms with van der Waals surface area (Å²) < 4.78 is 42.1. The molecule has 7 rings (SSSR count). The third kappa shape index (κ3) is 7.74. The summed E-state index contributed by atoms with van der Waals surface area (Å²) in [5, 5.41) is 8.30. The number of aromatic nitrogens is 3. The number of rotatable bonds is 12. The Balaban J connectivity index is 1.29. The van der Waals surface area contributed by atoms with Crippen molar-refractivity contribution in [3.05, 3.63) is 94.2 Å². The monoisotopic (exact) mass is 742 g/mol. The van der Waals surface area contributed by atoms with Gasteiger partial charge in [-0.2, -0.15) is 5.10 Å². The summed E-state index contributed by atoms with van der Waals surface area (Å²) >= 11 is 7.26. The summed E-state index contributed by atoms with van der Waals surface area (Å²) in [5.41, 5.74) is 6.05. The molecular weight excluding hydrogens is 695 g/mol. The molecule has 0 spiro atoms. The van der Waals surface area contributed by atoms with Crippen LogP contribution in [-0.4, -0.2) is 77.9 Å². The molecule has 3 aromatic carbocycles. The minimum atomic E-state index is -0.375. The minimum absolute atomic E-state index is 0.248. The molecule has 0 aliphatic carbocycles. The molecule has 0 radical (unpaired) electrons. The maximum Gasteiger partial charge on any atom is 0.355 e. The van der Waals surface area contributed by atoms with Crippen molar-refractivity contribution >= 4 is 39.2 Å². The number of aryl methyl sites for hydroxylation is 2. The van der Waals surface area contributed by atoms with Crippen molar-refractivity contribution < 1.29 is 28.1 Å². The summed E-state index contributed by atoms with van der Waals surface area (Å²) in [6.07, 6.45) is 7.52. The van der Waals surface area contributed by atoms with Gasteiger partial charge in [0.25, 0.3) is 0 Å². The second-order valence-electron chi connectivity index (χ2n) is 13.6. The fourth-order valence-corrected chi connectivity index (χ4v) is 8.16. The number of carbonyl (C=O) groups is 1. The van der Waals surface area contributed by atoms with E-state index in [1.807, 2.05) is 55.1 Å². The molecule has 53 heavy (non-hydrogen) atoms. The van der Waals surface area contributed by atoms with E-state index >= 15 is 0 Å². The van der Waals surface area contributed by atoms with Gasteiger partial charge >= 0.3 is 5.97 Å². The van der Waals surface area contributed by atoms with Gasteiger partial charge in [-0.1, -0.05) is 48.9 Å². The van der Waals surface area contributed by atoms with Crippen LogP contribution in [0.4, 0.5) is 4.39 Å². The molecule has 1 atom stereocenters. The van der Waals surface area contributed by atoms with E-state index in [1.54, 1.807) is 6.07 Å². The molecule has 2 aliphatic heterocycles. The molecule has 11 heteroatoms. The number of carbonyl (C=O) groups excluding carboxylic acids is 1. The van der Waals surface area contributed by atoms with E-state index in [0.717, 1.165) is 102 Å². The smallest absolute Gasteiger partial charge is 0.355 e. The number of fused-ring (bicyclic) bond motifs is 3. The van der Waals surface area contributed by atoms with Gasteiger partial charge in [0.15, 0.2) is 0 Å². The zero-order valence-electron chi connectivity index (χ0n) is 30.8. The maximum absolute atomic E-state index is 13.9. The molecule has 0 bridgehead atoms. The molecule has 280 valence electrons. The number of ether oxygens (including phenoxy) is 4. The summed E-state index contributed by atoms with van der Waals surface area (Å²) in [6.45, 7) is 9.85. The summed E-state index contributed by atoms with van der Waals surface area (Å²) in [6, 6.07) is 14.3. The highest BCUT2D eigenvalue weighted by atomic mass is 35.5. The first-order valence-corrected chi connectivity index (χ1v) is 19.2. The van der Waals surface area contributed by atoms with E-state index in [1.165, 1.54) is 12.1 Å². The molecule has 2 aromatic heterocycles. The minimum Gasteiger partial charge on any atom is -0.493 e. The Bertz CT molecular complexity index is 2120. The first-order chi connectivity index (χ1) is 25.9. The third-order valence-corrected chi connectivity index (χ3v) is 10.7. The van der Waals surface area contributed by atoms with Crippen LogP contribution in [0.25, 0.3) is 32.8 Å². The van der Waals surface area contributed by atoms with Crippen LogP contribution < -0.4 is 4.74 Å². The van der Waals surface area contributed by atoms with Crippen molar-refractivity contribution in [1.82, 2.24) is 19.2 Å². The lowest BCUT2D eigenvalue weighted by molar-refractivity contribution is 0.0298. The van der Waals surface area contributed by atoms with Crippen LogP contribution in [0, 0.1) is 5.82 Å². The molecule has 0 N–H and O–H groups in total. The lowest BCUT2D eigenvalue weighted by atomic mass is 9.94. The molecule has 5 aromatic rings. The van der Waals surface area contributed by atoms with Gasteiger partial charge in [-0.15, -0.1) is 0 Å². The van der Waals surface area contributed by atoms with E-state index in [0.29, 0.717) is 49.1 Å². The highest BCUT2D eigenvalue weighted by molar-refractivity contribution is 6.35. The van der Waals surface area contributed by atoms with Gasteiger partial charge in [0, 0.05) is 54.3 Å². The van der Waals surface area contributed by atoms with E-state index in [-0.39, 0.29) is 24.5 Å². The average Bonchev–Trinajstić information content (AvgIpc) is 3.65. The first kappa shape index (κ1) is 37.1. The SMILES string of the molecule is CCOC(=O)c1c(CCCOc2cccc3cc(F)ccc23)c2ccc(Cl)c3c2n1C/C=C\COC(CCCN1CCOCC1)c1nn(C)c(CC)c1-3. The Labute approximate surface area is 315 Å². The van der Waals surface area contributed by atoms with Crippen molar-refractivity contribution in [3.63, 3.8) is 0 Å². The fraction of sp³-hybridized carbons (Fsp3) is 0.429. The first-order valence-electron chi connectivity index (χ1n) is 18.8. The Morgan fingerprint density at radius 2 is 1.87 bits per heavy atom. The van der Waals surface area contributed by atoms with Crippen molar-refractivity contribution in [2.24, 2.45) is 7.05 Å². The lowest BCUT2D eigenvalue weighted by Gasteiger charge is -2.27. The van der Waals surface area contributed by atoms with E-state index < -0.39 is 0 Å². The van der Waals surface area contributed by atoms with Crippen molar-refractivity contribution in [2.75, 3.05) is 52.7 Å². The molecule has 4 heterocycles. The van der Waals surface area contributed by atoms with Crippen LogP contribution in [0.15, 0.2) is 60.7 Å². The Kier molecular flexibility index (Phi) is 11.8. The van der Waals surface area contributed by atoms with E-state index in [9.17, 15) is 9.18 Å². The standard InChI is InChI=1S/C42H48ClFN4O5/c1-4-34-38-37-33(43)18-17-32-31(12-10-24-52-35-13-8-11-28-27-29(44)15-16-30(28)35)41(42(49)51-5-2)48(40(32)37)20-6-7-23-53-36(39(38)45-46(34)3)14-9-19-47-21-25-50-26-22-47/h6-8,11,13,15-18,27,36H,4-5,9-10,12,14,19-26H2,1-3H3/b7-6-. The number of allylic oxidation sites excluding steroid dienone is 1. The number of halogens is 2. The molecule has 1 saturated heterocycles. The van der Waals surface area contributed by atoms with E-state index in [4.69, 9.17) is 35.6 Å². The molecule has 0 saturated carbocycles. The molecule has 1 unspecified atom stereocenters. The zero-order chi connectivity index (χ0) is 36.9. The molecule has 0 amide bonds. The number of hydrogen-bond acceptors (Lipinski definition) is 7. The summed E-state index contributed by atoms with van der Waals surface area (Å²) in [4.78, 5) is 16.4. The fourth-order valence-electron chi connectivity index (χ4n) is 7.91. The molecule has 2 aliphatic rings. The van der Waals surface area contributed by atoms with Crippen LogP contribution in [-0.2, 0) is 40.6 Å². The number of nitrogens with zero attached hydrogens (tertiary/aromatic N) is 4. The number of morpholine rings is 1. The number of esters is 1. The second-order valence-corrected chi connectivity index (χ2v) is 14.0. The van der Waals surface area contributed by atoms with Crippen LogP contribution in [0.2, 0.25) is 5.02 Å². The second kappa shape index (κ2) is 16.8. The lowest BCUT2D eigenvalue weighted by Crippen LogP contribution is -2.36. The van der Waals surface area contributed by atoms with Gasteiger partial charge in [-0.05, 0) is 86.9 Å². The van der Waals surface area contributed by atoms with Crippen LogP contribution in [0.5, 0.6) is 5.75 Å². The zero-order valence-corrected chi connectivity index (χ0v) is 31.6.